The third-order valence-corrected chi connectivity index (χ3v) is 3.42. The summed E-state index contributed by atoms with van der Waals surface area (Å²) in [5, 5.41) is 0. The second kappa shape index (κ2) is 6.03. The first-order valence-electron chi connectivity index (χ1n) is 7.22. The maximum absolute atomic E-state index is 12.5. The second-order valence-corrected chi connectivity index (χ2v) is 6.65. The van der Waals surface area contributed by atoms with Crippen molar-refractivity contribution in [3.05, 3.63) is 0 Å². The predicted molar refractivity (Wildman–Crippen MR) is 76.8 cm³/mol. The molecular formula is C15H25NO5. The van der Waals surface area contributed by atoms with Crippen LogP contribution in [0.1, 0.15) is 48.0 Å². The number of amides is 1. The molecule has 1 aliphatic rings. The lowest BCUT2D eigenvalue weighted by molar-refractivity contribution is -0.158. The van der Waals surface area contributed by atoms with Crippen LogP contribution in [0.3, 0.4) is 0 Å². The number of carbonyl (C=O) groups excluding carboxylic acids is 3. The number of hydrogen-bond donors (Lipinski definition) is 0. The fourth-order valence-corrected chi connectivity index (χ4v) is 2.33. The van der Waals surface area contributed by atoms with Gasteiger partial charge in [0, 0.05) is 6.54 Å². The van der Waals surface area contributed by atoms with E-state index in [1.165, 1.54) is 4.90 Å². The van der Waals surface area contributed by atoms with Gasteiger partial charge in [0.15, 0.2) is 5.78 Å². The molecule has 6 nitrogen and oxygen atoms in total. The third-order valence-electron chi connectivity index (χ3n) is 3.42. The van der Waals surface area contributed by atoms with Gasteiger partial charge in [0.2, 0.25) is 0 Å². The monoisotopic (exact) mass is 299 g/mol. The van der Waals surface area contributed by atoms with Gasteiger partial charge in [0.1, 0.15) is 11.5 Å². The van der Waals surface area contributed by atoms with Crippen LogP contribution in [0.25, 0.3) is 0 Å². The second-order valence-electron chi connectivity index (χ2n) is 6.65. The van der Waals surface area contributed by atoms with Crippen molar-refractivity contribution in [3.63, 3.8) is 0 Å². The summed E-state index contributed by atoms with van der Waals surface area (Å²) >= 11 is 0. The summed E-state index contributed by atoms with van der Waals surface area (Å²) in [7, 11) is 0. The van der Waals surface area contributed by atoms with Crippen LogP contribution in [0.15, 0.2) is 0 Å². The van der Waals surface area contributed by atoms with Gasteiger partial charge in [-0.25, -0.2) is 4.79 Å². The smallest absolute Gasteiger partial charge is 0.411 e. The van der Waals surface area contributed by atoms with Crippen LogP contribution in [0.2, 0.25) is 0 Å². The Morgan fingerprint density at radius 3 is 2.38 bits per heavy atom. The van der Waals surface area contributed by atoms with Gasteiger partial charge in [-0.1, -0.05) is 0 Å². The maximum atomic E-state index is 12.5. The molecule has 0 N–H and O–H groups in total. The van der Waals surface area contributed by atoms with Gasteiger partial charge in [-0.15, -0.1) is 0 Å². The summed E-state index contributed by atoms with van der Waals surface area (Å²) in [4.78, 5) is 37.9. The van der Waals surface area contributed by atoms with E-state index in [4.69, 9.17) is 9.47 Å². The van der Waals surface area contributed by atoms with E-state index < -0.39 is 29.1 Å². The minimum atomic E-state index is -1.09. The Labute approximate surface area is 125 Å². The first kappa shape index (κ1) is 17.5. The van der Waals surface area contributed by atoms with Gasteiger partial charge in [-0.3, -0.25) is 14.5 Å². The number of ether oxygens (including phenoxy) is 2. The summed E-state index contributed by atoms with van der Waals surface area (Å²) in [6.45, 7) is 10.8. The molecule has 6 heteroatoms. The summed E-state index contributed by atoms with van der Waals surface area (Å²) in [5.74, 6) is -1.63. The fourth-order valence-electron chi connectivity index (χ4n) is 2.33. The van der Waals surface area contributed by atoms with Crippen LogP contribution in [-0.2, 0) is 19.1 Å². The highest BCUT2D eigenvalue weighted by Gasteiger charge is 2.49. The molecule has 0 spiro atoms. The minimum Gasteiger partial charge on any atom is -0.465 e. The summed E-state index contributed by atoms with van der Waals surface area (Å²) in [6.07, 6.45) is -0.275. The summed E-state index contributed by atoms with van der Waals surface area (Å²) < 4.78 is 10.2. The Balaban J connectivity index is 2.89. The van der Waals surface area contributed by atoms with E-state index in [-0.39, 0.29) is 25.4 Å². The molecule has 1 unspecified atom stereocenters. The number of rotatable bonds is 2. The molecular weight excluding hydrogens is 274 g/mol. The molecule has 0 aromatic heterocycles. The van der Waals surface area contributed by atoms with Crippen molar-refractivity contribution in [2.45, 2.75) is 59.1 Å². The maximum Gasteiger partial charge on any atom is 0.411 e. The Morgan fingerprint density at radius 1 is 1.33 bits per heavy atom. The van der Waals surface area contributed by atoms with E-state index in [1.54, 1.807) is 41.5 Å². The molecule has 1 fully saturated rings. The van der Waals surface area contributed by atoms with Crippen molar-refractivity contribution in [2.24, 2.45) is 5.92 Å². The SMILES string of the molecule is CCOC(=O)C1CCN(C(=O)OC(C)(C)C)C(C)(C)C1=O. The Kier molecular flexibility index (Phi) is 5.02. The van der Waals surface area contributed by atoms with Gasteiger partial charge >= 0.3 is 12.1 Å². The van der Waals surface area contributed by atoms with Crippen LogP contribution in [0.5, 0.6) is 0 Å². The van der Waals surface area contributed by atoms with Gasteiger partial charge in [-0.05, 0) is 48.0 Å². The number of likely N-dealkylation sites (tertiary alicyclic amines) is 1. The molecule has 120 valence electrons. The lowest BCUT2D eigenvalue weighted by Crippen LogP contribution is -2.61. The van der Waals surface area contributed by atoms with Crippen molar-refractivity contribution >= 4 is 17.8 Å². The standard InChI is InChI=1S/C15H25NO5/c1-7-20-12(18)10-8-9-16(15(5,6)11(10)17)13(19)21-14(2,3)4/h10H,7-9H2,1-6H3. The molecule has 1 rings (SSSR count). The first-order valence-corrected chi connectivity index (χ1v) is 7.22. The lowest BCUT2D eigenvalue weighted by atomic mass is 9.81. The number of carbonyl (C=O) groups is 3. The van der Waals surface area contributed by atoms with E-state index in [0.717, 1.165) is 0 Å². The van der Waals surface area contributed by atoms with Gasteiger partial charge in [-0.2, -0.15) is 0 Å². The van der Waals surface area contributed by atoms with Crippen molar-refractivity contribution in [3.8, 4) is 0 Å². The van der Waals surface area contributed by atoms with E-state index in [2.05, 4.69) is 0 Å². The normalized spacial score (nSPS) is 21.9. The zero-order chi connectivity index (χ0) is 16.4. The van der Waals surface area contributed by atoms with E-state index in [9.17, 15) is 14.4 Å². The average Bonchev–Trinajstić information content (AvgIpc) is 2.30. The number of ketones is 1. The van der Waals surface area contributed by atoms with E-state index in [0.29, 0.717) is 0 Å². The number of esters is 1. The molecule has 1 heterocycles. The number of Topliss-reactive ketones (excluding diaryl/α,β-unsaturated/α-hetero) is 1. The zero-order valence-corrected chi connectivity index (χ0v) is 13.7. The third kappa shape index (κ3) is 3.95. The van der Waals surface area contributed by atoms with Crippen LogP contribution in [0, 0.1) is 5.92 Å². The average molecular weight is 299 g/mol. The predicted octanol–water partition coefficient (Wildman–Crippen LogP) is 2.15. The Hall–Kier alpha value is -1.59. The minimum absolute atomic E-state index is 0.235. The van der Waals surface area contributed by atoms with Crippen LogP contribution in [0.4, 0.5) is 4.79 Å². The lowest BCUT2D eigenvalue weighted by Gasteiger charge is -2.43. The fraction of sp³-hybridized carbons (Fsp3) is 0.800. The van der Waals surface area contributed by atoms with Crippen molar-refractivity contribution < 1.29 is 23.9 Å². The molecule has 1 aliphatic heterocycles. The highest BCUT2D eigenvalue weighted by Crippen LogP contribution is 2.30. The zero-order valence-electron chi connectivity index (χ0n) is 13.7. The van der Waals surface area contributed by atoms with Gasteiger partial charge in [0.25, 0.3) is 0 Å². The number of piperidine rings is 1. The molecule has 0 aliphatic carbocycles. The first-order chi connectivity index (χ1) is 9.50. The molecule has 1 atom stereocenters. The van der Waals surface area contributed by atoms with Crippen molar-refractivity contribution in [1.29, 1.82) is 0 Å². The Bertz CT molecular complexity index is 436. The Morgan fingerprint density at radius 2 is 1.90 bits per heavy atom. The molecule has 1 saturated heterocycles. The van der Waals surface area contributed by atoms with Crippen LogP contribution < -0.4 is 0 Å². The van der Waals surface area contributed by atoms with E-state index in [1.807, 2.05) is 0 Å². The summed E-state index contributed by atoms with van der Waals surface area (Å²) in [5.41, 5.74) is -1.72. The number of hydrogen-bond acceptors (Lipinski definition) is 5. The largest absolute Gasteiger partial charge is 0.465 e. The van der Waals surface area contributed by atoms with Crippen molar-refractivity contribution in [2.75, 3.05) is 13.2 Å². The quantitative estimate of drug-likeness (QED) is 0.577. The van der Waals surface area contributed by atoms with Crippen molar-refractivity contribution in [1.82, 2.24) is 4.90 Å². The molecule has 0 radical (unpaired) electrons. The van der Waals surface area contributed by atoms with Crippen LogP contribution >= 0.6 is 0 Å². The highest BCUT2D eigenvalue weighted by atomic mass is 16.6. The molecule has 0 bridgehead atoms. The topological polar surface area (TPSA) is 72.9 Å². The molecule has 0 aromatic rings. The highest BCUT2D eigenvalue weighted by molar-refractivity contribution is 6.05. The molecule has 0 saturated carbocycles. The van der Waals surface area contributed by atoms with E-state index >= 15 is 0 Å². The molecule has 21 heavy (non-hydrogen) atoms. The van der Waals surface area contributed by atoms with Crippen LogP contribution in [-0.4, -0.2) is 47.0 Å². The molecule has 1 amide bonds. The van der Waals surface area contributed by atoms with Gasteiger partial charge in [0.05, 0.1) is 12.1 Å². The molecule has 0 aromatic carbocycles. The van der Waals surface area contributed by atoms with Gasteiger partial charge < -0.3 is 9.47 Å². The summed E-state index contributed by atoms with van der Waals surface area (Å²) in [6, 6.07) is 0. The number of nitrogens with zero attached hydrogens (tertiary/aromatic N) is 1.